The van der Waals surface area contributed by atoms with Gasteiger partial charge in [-0.15, -0.1) is 0 Å². The number of benzene rings is 2. The van der Waals surface area contributed by atoms with Gasteiger partial charge in [-0.1, -0.05) is 36.4 Å². The largest absolute Gasteiger partial charge is 0.355 e. The van der Waals surface area contributed by atoms with E-state index in [0.717, 1.165) is 0 Å². The van der Waals surface area contributed by atoms with Gasteiger partial charge >= 0.3 is 0 Å². The summed E-state index contributed by atoms with van der Waals surface area (Å²) in [6.45, 7) is 4.14. The molecule has 84 valence electrons. The van der Waals surface area contributed by atoms with Gasteiger partial charge in [0.2, 0.25) is 0 Å². The van der Waals surface area contributed by atoms with E-state index in [1.807, 2.05) is 0 Å². The molecule has 17 heavy (non-hydrogen) atoms. The molecule has 0 atom stereocenters. The minimum Gasteiger partial charge on any atom is -0.355 e. The maximum Gasteiger partial charge on any atom is 0.0421 e. The molecule has 0 saturated heterocycles. The Kier molecular flexibility index (Phi) is 2.25. The van der Waals surface area contributed by atoms with Crippen molar-refractivity contribution in [3.8, 4) is 0 Å². The Labute approximate surface area is 100 Å². The molecule has 1 aromatic heterocycles. The highest BCUT2D eigenvalue weighted by molar-refractivity contribution is 5.98. The van der Waals surface area contributed by atoms with Crippen LogP contribution < -0.4 is 10.7 Å². The van der Waals surface area contributed by atoms with Gasteiger partial charge in [0.15, 0.2) is 0 Å². The molecule has 1 heteroatoms. The molecule has 3 aromatic rings. The minimum atomic E-state index is 1.21. The lowest BCUT2D eigenvalue weighted by Gasteiger charge is -1.97. The summed E-state index contributed by atoms with van der Waals surface area (Å²) in [6, 6.07) is 13.0. The van der Waals surface area contributed by atoms with E-state index in [1.165, 1.54) is 32.2 Å². The Hall–Kier alpha value is -2.02. The van der Waals surface area contributed by atoms with Crippen LogP contribution in [0.2, 0.25) is 0 Å². The van der Waals surface area contributed by atoms with Gasteiger partial charge < -0.3 is 4.98 Å². The first-order valence-electron chi connectivity index (χ1n) is 5.96. The van der Waals surface area contributed by atoms with Gasteiger partial charge in [-0.2, -0.15) is 0 Å². The predicted octanol–water partition coefficient (Wildman–Crippen LogP) is 2.92. The number of hydrogen-bond acceptors (Lipinski definition) is 0. The SMILES string of the molecule is CC=c1[nH]c(=CC)c2cc3ccccc3cc12. The van der Waals surface area contributed by atoms with E-state index in [2.05, 4.69) is 67.4 Å². The highest BCUT2D eigenvalue weighted by Gasteiger charge is 2.01. The van der Waals surface area contributed by atoms with Crippen LogP contribution in [-0.4, -0.2) is 4.98 Å². The number of hydrogen-bond donors (Lipinski definition) is 1. The highest BCUT2D eigenvalue weighted by Crippen LogP contribution is 2.18. The zero-order chi connectivity index (χ0) is 11.8. The number of fused-ring (bicyclic) bond motifs is 2. The lowest BCUT2D eigenvalue weighted by atomic mass is 10.1. The van der Waals surface area contributed by atoms with Gasteiger partial charge in [-0.25, -0.2) is 0 Å². The van der Waals surface area contributed by atoms with Gasteiger partial charge in [0.1, 0.15) is 0 Å². The first-order valence-corrected chi connectivity index (χ1v) is 5.96. The molecule has 0 aliphatic heterocycles. The highest BCUT2D eigenvalue weighted by atomic mass is 14.7. The third-order valence-electron chi connectivity index (χ3n) is 3.31. The minimum absolute atomic E-state index is 1.21. The standard InChI is InChI=1S/C16H15N/c1-3-15-13-9-11-7-5-6-8-12(11)10-14(13)16(4-2)17-15/h3-10,17H,1-2H3. The molecule has 2 aromatic carbocycles. The molecule has 0 aliphatic rings. The monoisotopic (exact) mass is 221 g/mol. The maximum absolute atomic E-state index is 3.45. The fourth-order valence-corrected chi connectivity index (χ4v) is 2.42. The number of aromatic amines is 1. The van der Waals surface area contributed by atoms with Crippen molar-refractivity contribution in [2.24, 2.45) is 0 Å². The molecule has 0 spiro atoms. The van der Waals surface area contributed by atoms with Crippen LogP contribution >= 0.6 is 0 Å². The third-order valence-corrected chi connectivity index (χ3v) is 3.31. The smallest absolute Gasteiger partial charge is 0.0421 e. The Morgan fingerprint density at radius 2 is 1.29 bits per heavy atom. The van der Waals surface area contributed by atoms with Crippen LogP contribution in [-0.2, 0) is 0 Å². The Morgan fingerprint density at radius 3 is 1.71 bits per heavy atom. The number of rotatable bonds is 0. The Balaban J connectivity index is 2.63. The van der Waals surface area contributed by atoms with E-state index in [0.29, 0.717) is 0 Å². The van der Waals surface area contributed by atoms with Crippen molar-refractivity contribution in [1.82, 2.24) is 4.98 Å². The summed E-state index contributed by atoms with van der Waals surface area (Å²) in [5, 5.41) is 7.62. The summed E-state index contributed by atoms with van der Waals surface area (Å²) in [5.74, 6) is 0. The van der Waals surface area contributed by atoms with Crippen LogP contribution in [0.1, 0.15) is 13.8 Å². The predicted molar refractivity (Wildman–Crippen MR) is 75.3 cm³/mol. The number of H-pyrrole nitrogens is 1. The topological polar surface area (TPSA) is 15.8 Å². The summed E-state index contributed by atoms with van der Waals surface area (Å²) in [6.07, 6.45) is 4.26. The zero-order valence-corrected chi connectivity index (χ0v) is 10.1. The zero-order valence-electron chi connectivity index (χ0n) is 10.1. The molecular formula is C16H15N. The van der Waals surface area contributed by atoms with E-state index < -0.39 is 0 Å². The second-order valence-electron chi connectivity index (χ2n) is 4.27. The fraction of sp³-hybridized carbons (Fsp3) is 0.125. The molecule has 1 nitrogen and oxygen atoms in total. The molecule has 0 aliphatic carbocycles. The molecule has 0 radical (unpaired) electrons. The molecule has 0 unspecified atom stereocenters. The molecule has 0 bridgehead atoms. The summed E-state index contributed by atoms with van der Waals surface area (Å²) in [7, 11) is 0. The van der Waals surface area contributed by atoms with E-state index in [1.54, 1.807) is 0 Å². The Morgan fingerprint density at radius 1 is 0.824 bits per heavy atom. The van der Waals surface area contributed by atoms with Gasteiger partial charge in [-0.05, 0) is 36.8 Å². The number of nitrogens with one attached hydrogen (secondary N) is 1. The van der Waals surface area contributed by atoms with Crippen LogP contribution in [0.4, 0.5) is 0 Å². The van der Waals surface area contributed by atoms with Crippen molar-refractivity contribution in [2.45, 2.75) is 13.8 Å². The second kappa shape index (κ2) is 3.77. The molecule has 1 heterocycles. The van der Waals surface area contributed by atoms with E-state index >= 15 is 0 Å². The summed E-state index contributed by atoms with van der Waals surface area (Å²) < 4.78 is 0. The van der Waals surface area contributed by atoms with Crippen molar-refractivity contribution in [3.63, 3.8) is 0 Å². The van der Waals surface area contributed by atoms with Crippen molar-refractivity contribution < 1.29 is 0 Å². The van der Waals surface area contributed by atoms with Crippen LogP contribution in [0.15, 0.2) is 36.4 Å². The average molecular weight is 221 g/mol. The first kappa shape index (κ1) is 10.2. The van der Waals surface area contributed by atoms with Gasteiger partial charge in [0.05, 0.1) is 0 Å². The van der Waals surface area contributed by atoms with Crippen molar-refractivity contribution >= 4 is 33.7 Å². The van der Waals surface area contributed by atoms with Crippen molar-refractivity contribution in [1.29, 1.82) is 0 Å². The molecule has 3 rings (SSSR count). The van der Waals surface area contributed by atoms with Crippen LogP contribution in [0.3, 0.4) is 0 Å². The van der Waals surface area contributed by atoms with E-state index in [-0.39, 0.29) is 0 Å². The molecule has 0 saturated carbocycles. The lowest BCUT2D eigenvalue weighted by molar-refractivity contribution is 1.28. The van der Waals surface area contributed by atoms with Crippen molar-refractivity contribution in [3.05, 3.63) is 47.1 Å². The summed E-state index contributed by atoms with van der Waals surface area (Å²) >= 11 is 0. The molecule has 0 fully saturated rings. The molecular weight excluding hydrogens is 206 g/mol. The van der Waals surface area contributed by atoms with Crippen LogP contribution in [0, 0.1) is 0 Å². The molecule has 0 amide bonds. The second-order valence-corrected chi connectivity index (χ2v) is 4.27. The van der Waals surface area contributed by atoms with E-state index in [9.17, 15) is 0 Å². The van der Waals surface area contributed by atoms with Gasteiger partial charge in [-0.3, -0.25) is 0 Å². The summed E-state index contributed by atoms with van der Waals surface area (Å²) in [4.78, 5) is 3.45. The lowest BCUT2D eigenvalue weighted by Crippen LogP contribution is -2.08. The Bertz CT molecular complexity index is 739. The van der Waals surface area contributed by atoms with Gasteiger partial charge in [0, 0.05) is 21.5 Å². The fourth-order valence-electron chi connectivity index (χ4n) is 2.42. The quantitative estimate of drug-likeness (QED) is 0.601. The average Bonchev–Trinajstić information content (AvgIpc) is 2.73. The first-order chi connectivity index (χ1) is 8.33. The van der Waals surface area contributed by atoms with Crippen LogP contribution in [0.25, 0.3) is 33.7 Å². The molecule has 1 N–H and O–H groups in total. The van der Waals surface area contributed by atoms with Gasteiger partial charge in [0.25, 0.3) is 0 Å². The normalized spacial score (nSPS) is 14.0. The van der Waals surface area contributed by atoms with Crippen LogP contribution in [0.5, 0.6) is 0 Å². The van der Waals surface area contributed by atoms with E-state index in [4.69, 9.17) is 0 Å². The maximum atomic E-state index is 3.45. The summed E-state index contributed by atoms with van der Waals surface area (Å²) in [5.41, 5.74) is 0. The number of aromatic nitrogens is 1. The van der Waals surface area contributed by atoms with Crippen molar-refractivity contribution in [2.75, 3.05) is 0 Å². The third kappa shape index (κ3) is 1.47.